The van der Waals surface area contributed by atoms with Crippen LogP contribution in [-0.4, -0.2) is 77.9 Å². The van der Waals surface area contributed by atoms with Gasteiger partial charge in [0.25, 0.3) is 6.02 Å². The van der Waals surface area contributed by atoms with Gasteiger partial charge >= 0.3 is 6.18 Å². The lowest BCUT2D eigenvalue weighted by atomic mass is 9.80. The Bertz CT molecular complexity index is 1450. The first-order valence-electron chi connectivity index (χ1n) is 15.4. The summed E-state index contributed by atoms with van der Waals surface area (Å²) in [6.45, 7) is 1.85. The Morgan fingerprint density at radius 2 is 1.84 bits per heavy atom. The molecule has 1 spiro atoms. The van der Waals surface area contributed by atoms with E-state index in [1.165, 1.54) is 11.0 Å². The standard InChI is InChI=1S/C30H35F4N7O3/c31-20-16-19(7-8-21(20)39-12-14-43-15-13-39)41-26-24(29(27(41)42)9-1-2-10-29)25(36-18-5-6-18)37-23(38-26)17-44-28(35)40-11-3-4-22(40)30(32,33)34/h7-8,16,18,22,35H,1-6,9-15,17H2,(H,36,37,38)/t22-/m1/s1. The first-order valence-corrected chi connectivity index (χ1v) is 15.4. The molecule has 14 heteroatoms. The topological polar surface area (TPSA) is 107 Å². The van der Waals surface area contributed by atoms with Crippen molar-refractivity contribution in [3.63, 3.8) is 0 Å². The number of carbonyl (C=O) groups is 1. The van der Waals surface area contributed by atoms with Gasteiger partial charge in [-0.3, -0.25) is 15.1 Å². The van der Waals surface area contributed by atoms with E-state index in [0.29, 0.717) is 74.1 Å². The Labute approximate surface area is 252 Å². The molecule has 4 fully saturated rings. The van der Waals surface area contributed by atoms with Gasteiger partial charge in [0.2, 0.25) is 5.91 Å². The number of ether oxygens (including phenoxy) is 2. The lowest BCUT2D eigenvalue weighted by Crippen LogP contribution is -2.45. The zero-order valence-corrected chi connectivity index (χ0v) is 24.3. The van der Waals surface area contributed by atoms with E-state index >= 15 is 4.39 Å². The van der Waals surface area contributed by atoms with Gasteiger partial charge in [-0.1, -0.05) is 12.8 Å². The summed E-state index contributed by atoms with van der Waals surface area (Å²) >= 11 is 0. The van der Waals surface area contributed by atoms with Crippen molar-refractivity contribution in [2.24, 2.45) is 0 Å². The SMILES string of the molecule is N=C(OCc1nc(NC2CC2)c2c(n1)N(c1ccc(N3CCOCC3)c(F)c1)C(=O)C21CCCC1)N1CCC[C@@H]1C(F)(F)F. The second-order valence-electron chi connectivity index (χ2n) is 12.3. The van der Waals surface area contributed by atoms with E-state index in [-0.39, 0.29) is 37.3 Å². The van der Waals surface area contributed by atoms with Crippen LogP contribution in [0.5, 0.6) is 0 Å². The van der Waals surface area contributed by atoms with Crippen molar-refractivity contribution < 1.29 is 31.8 Å². The van der Waals surface area contributed by atoms with Gasteiger partial charge in [-0.15, -0.1) is 0 Å². The summed E-state index contributed by atoms with van der Waals surface area (Å²) in [6, 6.07) is 2.57. The summed E-state index contributed by atoms with van der Waals surface area (Å²) in [6.07, 6.45) is 0.557. The highest BCUT2D eigenvalue weighted by Gasteiger charge is 2.56. The molecular weight excluding hydrogens is 582 g/mol. The second-order valence-corrected chi connectivity index (χ2v) is 12.3. The molecule has 2 aromatic rings. The highest BCUT2D eigenvalue weighted by atomic mass is 19.4. The van der Waals surface area contributed by atoms with Crippen LogP contribution in [0.1, 0.15) is 62.8 Å². The summed E-state index contributed by atoms with van der Waals surface area (Å²) in [5, 5.41) is 11.7. The second kappa shape index (κ2) is 11.0. The lowest BCUT2D eigenvalue weighted by Gasteiger charge is -2.29. The van der Waals surface area contributed by atoms with Gasteiger partial charge in [0, 0.05) is 31.7 Å². The molecule has 5 aliphatic rings. The van der Waals surface area contributed by atoms with E-state index in [2.05, 4.69) is 5.32 Å². The fourth-order valence-corrected chi connectivity index (χ4v) is 7.05. The zero-order chi connectivity index (χ0) is 30.6. The van der Waals surface area contributed by atoms with Gasteiger partial charge in [-0.05, 0) is 50.7 Å². The summed E-state index contributed by atoms with van der Waals surface area (Å²) in [7, 11) is 0. The summed E-state index contributed by atoms with van der Waals surface area (Å²) in [4.78, 5) is 28.0. The van der Waals surface area contributed by atoms with Crippen molar-refractivity contribution in [3.05, 3.63) is 35.4 Å². The number of fused-ring (bicyclic) bond motifs is 2. The minimum absolute atomic E-state index is 0.0688. The molecule has 3 aliphatic heterocycles. The number of anilines is 4. The quantitative estimate of drug-likeness (QED) is 0.265. The van der Waals surface area contributed by atoms with E-state index in [9.17, 15) is 18.0 Å². The Morgan fingerprint density at radius 3 is 2.52 bits per heavy atom. The third-order valence-corrected chi connectivity index (χ3v) is 9.39. The van der Waals surface area contributed by atoms with Crippen LogP contribution in [0.25, 0.3) is 0 Å². The molecule has 0 unspecified atom stereocenters. The molecule has 1 aromatic heterocycles. The molecule has 1 aromatic carbocycles. The summed E-state index contributed by atoms with van der Waals surface area (Å²) in [5.41, 5.74) is 0.605. The van der Waals surface area contributed by atoms with E-state index in [0.717, 1.165) is 30.6 Å². The van der Waals surface area contributed by atoms with Gasteiger partial charge in [0.1, 0.15) is 23.5 Å². The first-order chi connectivity index (χ1) is 21.2. The molecule has 2 N–H and O–H groups in total. The predicted molar refractivity (Wildman–Crippen MR) is 154 cm³/mol. The average molecular weight is 618 g/mol. The number of amides is 1. The minimum atomic E-state index is -4.47. The van der Waals surface area contributed by atoms with Gasteiger partial charge in [0.15, 0.2) is 12.4 Å². The van der Waals surface area contributed by atoms with Crippen LogP contribution in [-0.2, 0) is 26.3 Å². The van der Waals surface area contributed by atoms with Gasteiger partial charge in [0.05, 0.1) is 35.6 Å². The van der Waals surface area contributed by atoms with Crippen molar-refractivity contribution in [2.45, 2.75) is 81.6 Å². The fourth-order valence-electron chi connectivity index (χ4n) is 7.05. The molecule has 44 heavy (non-hydrogen) atoms. The number of rotatable bonds is 6. The molecule has 2 saturated carbocycles. The largest absolute Gasteiger partial charge is 0.457 e. The third-order valence-electron chi connectivity index (χ3n) is 9.39. The molecule has 2 saturated heterocycles. The number of hydrogen-bond acceptors (Lipinski definition) is 8. The Balaban J connectivity index is 1.24. The van der Waals surface area contributed by atoms with Crippen LogP contribution in [0.3, 0.4) is 0 Å². The molecule has 0 radical (unpaired) electrons. The third kappa shape index (κ3) is 5.10. The number of hydrogen-bond donors (Lipinski definition) is 2. The molecule has 7 rings (SSSR count). The highest BCUT2D eigenvalue weighted by molar-refractivity contribution is 6.13. The van der Waals surface area contributed by atoms with E-state index < -0.39 is 29.5 Å². The van der Waals surface area contributed by atoms with E-state index in [1.807, 2.05) is 4.90 Å². The number of carbonyl (C=O) groups excluding carboxylic acids is 1. The Morgan fingerprint density at radius 1 is 1.09 bits per heavy atom. The number of amidine groups is 1. The fraction of sp³-hybridized carbons (Fsp3) is 0.600. The van der Waals surface area contributed by atoms with Gasteiger partial charge in [-0.25, -0.2) is 14.4 Å². The molecule has 4 heterocycles. The number of aromatic nitrogens is 2. The van der Waals surface area contributed by atoms with Crippen LogP contribution in [0.15, 0.2) is 18.2 Å². The van der Waals surface area contributed by atoms with Crippen LogP contribution in [0.2, 0.25) is 0 Å². The number of morpholine rings is 1. The summed E-state index contributed by atoms with van der Waals surface area (Å²) in [5.74, 6) is 0.303. The molecule has 2 aliphatic carbocycles. The normalized spacial score (nSPS) is 23.0. The number of alkyl halides is 3. The number of likely N-dealkylation sites (tertiary alicyclic amines) is 1. The number of benzene rings is 1. The van der Waals surface area contributed by atoms with E-state index in [1.54, 1.807) is 12.1 Å². The van der Waals surface area contributed by atoms with Crippen molar-refractivity contribution in [2.75, 3.05) is 48.0 Å². The maximum absolute atomic E-state index is 15.6. The zero-order valence-electron chi connectivity index (χ0n) is 24.3. The minimum Gasteiger partial charge on any atom is -0.457 e. The van der Waals surface area contributed by atoms with Crippen LogP contribution in [0, 0.1) is 11.2 Å². The number of nitrogens with one attached hydrogen (secondary N) is 2. The molecular formula is C30H35F4N7O3. The predicted octanol–water partition coefficient (Wildman–Crippen LogP) is 4.99. The lowest BCUT2D eigenvalue weighted by molar-refractivity contribution is -0.169. The Kier molecular flexibility index (Phi) is 7.29. The average Bonchev–Trinajstić information content (AvgIpc) is 3.38. The number of halogens is 4. The van der Waals surface area contributed by atoms with Crippen molar-refractivity contribution in [1.29, 1.82) is 5.41 Å². The maximum atomic E-state index is 15.6. The first kappa shape index (κ1) is 29.1. The van der Waals surface area contributed by atoms with Crippen molar-refractivity contribution >= 4 is 34.9 Å². The van der Waals surface area contributed by atoms with Crippen LogP contribution >= 0.6 is 0 Å². The van der Waals surface area contributed by atoms with Crippen molar-refractivity contribution in [1.82, 2.24) is 14.9 Å². The molecule has 10 nitrogen and oxygen atoms in total. The van der Waals surface area contributed by atoms with E-state index in [4.69, 9.17) is 24.9 Å². The highest BCUT2D eigenvalue weighted by Crippen LogP contribution is 2.55. The summed E-state index contributed by atoms with van der Waals surface area (Å²) < 4.78 is 67.0. The van der Waals surface area contributed by atoms with Crippen LogP contribution in [0.4, 0.5) is 40.6 Å². The number of nitrogens with zero attached hydrogens (tertiary/aromatic N) is 5. The van der Waals surface area contributed by atoms with Gasteiger partial charge in [-0.2, -0.15) is 13.2 Å². The molecule has 1 atom stereocenters. The van der Waals surface area contributed by atoms with Crippen molar-refractivity contribution in [3.8, 4) is 0 Å². The van der Waals surface area contributed by atoms with Crippen LogP contribution < -0.4 is 15.1 Å². The molecule has 236 valence electrons. The van der Waals surface area contributed by atoms with Gasteiger partial charge < -0.3 is 24.6 Å². The molecule has 1 amide bonds. The maximum Gasteiger partial charge on any atom is 0.408 e. The Hall–Kier alpha value is -3.68. The smallest absolute Gasteiger partial charge is 0.408 e. The molecule has 0 bridgehead atoms. The monoisotopic (exact) mass is 617 g/mol.